The van der Waals surface area contributed by atoms with Crippen LogP contribution in [-0.2, 0) is 4.79 Å². The van der Waals surface area contributed by atoms with Gasteiger partial charge in [0.1, 0.15) is 11.3 Å². The second-order valence-corrected chi connectivity index (χ2v) is 3.56. The lowest BCUT2D eigenvalue weighted by Gasteiger charge is -2.02. The molecule has 0 aliphatic heterocycles. The second-order valence-electron chi connectivity index (χ2n) is 3.56. The van der Waals surface area contributed by atoms with Crippen molar-refractivity contribution in [3.05, 3.63) is 24.6 Å². The number of unbranched alkanes of at least 4 members (excludes halogenated alkanes) is 1. The Morgan fingerprint density at radius 3 is 3.19 bits per heavy atom. The molecule has 4 nitrogen and oxygen atoms in total. The molecule has 84 valence electrons. The first kappa shape index (κ1) is 10.7. The summed E-state index contributed by atoms with van der Waals surface area (Å²) in [7, 11) is 0. The van der Waals surface area contributed by atoms with Crippen LogP contribution in [0.4, 0.5) is 0 Å². The Morgan fingerprint density at radius 2 is 2.38 bits per heavy atom. The molecule has 0 saturated heterocycles. The van der Waals surface area contributed by atoms with Crippen LogP contribution in [0.3, 0.4) is 0 Å². The number of carbonyl (C=O) groups is 1. The lowest BCUT2D eigenvalue weighted by molar-refractivity contribution is -0.134. The van der Waals surface area contributed by atoms with Crippen molar-refractivity contribution in [2.45, 2.75) is 26.2 Å². The molecule has 1 heterocycles. The average Bonchev–Trinajstić information content (AvgIpc) is 2.73. The van der Waals surface area contributed by atoms with Gasteiger partial charge in [-0.25, -0.2) is 4.98 Å². The summed E-state index contributed by atoms with van der Waals surface area (Å²) in [5.41, 5.74) is 1.38. The van der Waals surface area contributed by atoms with Gasteiger partial charge < -0.3 is 9.15 Å². The van der Waals surface area contributed by atoms with E-state index in [2.05, 4.69) is 4.98 Å². The van der Waals surface area contributed by atoms with Crippen LogP contribution in [0.2, 0.25) is 0 Å². The summed E-state index contributed by atoms with van der Waals surface area (Å²) in [5, 5.41) is 0. The van der Waals surface area contributed by atoms with Crippen LogP contribution >= 0.6 is 0 Å². The Labute approximate surface area is 93.2 Å². The van der Waals surface area contributed by atoms with Gasteiger partial charge in [0.25, 0.3) is 0 Å². The van der Waals surface area contributed by atoms with Gasteiger partial charge in [0.15, 0.2) is 12.0 Å². The number of esters is 1. The van der Waals surface area contributed by atoms with Gasteiger partial charge >= 0.3 is 5.97 Å². The molecule has 0 N–H and O–H groups in total. The second kappa shape index (κ2) is 4.79. The van der Waals surface area contributed by atoms with E-state index in [4.69, 9.17) is 9.15 Å². The molecule has 1 aromatic heterocycles. The number of rotatable bonds is 4. The molecule has 2 aromatic rings. The zero-order valence-electron chi connectivity index (χ0n) is 9.10. The SMILES string of the molecule is CCCCC(=O)Oc1ccc2ocnc2c1. The average molecular weight is 219 g/mol. The predicted octanol–water partition coefficient (Wildman–Crippen LogP) is 2.92. The third kappa shape index (κ3) is 2.39. The first-order valence-corrected chi connectivity index (χ1v) is 5.33. The molecular formula is C12H13NO3. The number of hydrogen-bond donors (Lipinski definition) is 0. The first-order chi connectivity index (χ1) is 7.79. The maximum atomic E-state index is 11.4. The molecule has 0 aliphatic carbocycles. The number of oxazole rings is 1. The van der Waals surface area contributed by atoms with E-state index in [9.17, 15) is 4.79 Å². The van der Waals surface area contributed by atoms with Crippen molar-refractivity contribution in [3.8, 4) is 5.75 Å². The van der Waals surface area contributed by atoms with E-state index in [1.807, 2.05) is 6.92 Å². The number of nitrogens with zero attached hydrogens (tertiary/aromatic N) is 1. The molecule has 16 heavy (non-hydrogen) atoms. The molecule has 0 spiro atoms. The van der Waals surface area contributed by atoms with Gasteiger partial charge in [-0.15, -0.1) is 0 Å². The summed E-state index contributed by atoms with van der Waals surface area (Å²) < 4.78 is 10.3. The third-order valence-corrected chi connectivity index (χ3v) is 2.27. The highest BCUT2D eigenvalue weighted by Crippen LogP contribution is 2.19. The van der Waals surface area contributed by atoms with Gasteiger partial charge in [0.05, 0.1) is 0 Å². The topological polar surface area (TPSA) is 52.3 Å². The fourth-order valence-electron chi connectivity index (χ4n) is 1.40. The molecule has 0 unspecified atom stereocenters. The van der Waals surface area contributed by atoms with Crippen molar-refractivity contribution in [2.75, 3.05) is 0 Å². The van der Waals surface area contributed by atoms with Gasteiger partial charge in [0, 0.05) is 12.5 Å². The molecule has 0 saturated carbocycles. The summed E-state index contributed by atoms with van der Waals surface area (Å²) in [6.45, 7) is 2.04. The molecule has 2 rings (SSSR count). The minimum atomic E-state index is -0.204. The van der Waals surface area contributed by atoms with Crippen molar-refractivity contribution in [1.29, 1.82) is 0 Å². The van der Waals surface area contributed by atoms with Gasteiger partial charge in [-0.2, -0.15) is 0 Å². The number of benzene rings is 1. The van der Waals surface area contributed by atoms with Crippen LogP contribution in [0.15, 0.2) is 29.0 Å². The van der Waals surface area contributed by atoms with Gasteiger partial charge in [0.2, 0.25) is 0 Å². The first-order valence-electron chi connectivity index (χ1n) is 5.33. The fourth-order valence-corrected chi connectivity index (χ4v) is 1.40. The summed E-state index contributed by atoms with van der Waals surface area (Å²) in [4.78, 5) is 15.4. The lowest BCUT2D eigenvalue weighted by atomic mass is 10.2. The highest BCUT2D eigenvalue weighted by molar-refractivity contribution is 5.77. The van der Waals surface area contributed by atoms with Crippen molar-refractivity contribution >= 4 is 17.1 Å². The van der Waals surface area contributed by atoms with Gasteiger partial charge in [-0.3, -0.25) is 4.79 Å². The number of fused-ring (bicyclic) bond motifs is 1. The van der Waals surface area contributed by atoms with Crippen molar-refractivity contribution in [3.63, 3.8) is 0 Å². The van der Waals surface area contributed by atoms with Crippen LogP contribution in [0.5, 0.6) is 5.75 Å². The van der Waals surface area contributed by atoms with E-state index < -0.39 is 0 Å². The Morgan fingerprint density at radius 1 is 1.50 bits per heavy atom. The van der Waals surface area contributed by atoms with E-state index in [1.54, 1.807) is 18.2 Å². The van der Waals surface area contributed by atoms with Gasteiger partial charge in [-0.05, 0) is 18.6 Å². The van der Waals surface area contributed by atoms with Crippen LogP contribution in [0.1, 0.15) is 26.2 Å². The van der Waals surface area contributed by atoms with E-state index in [0.29, 0.717) is 23.3 Å². The molecule has 0 radical (unpaired) electrons. The summed E-state index contributed by atoms with van der Waals surface area (Å²) >= 11 is 0. The van der Waals surface area contributed by atoms with Crippen LogP contribution in [-0.4, -0.2) is 11.0 Å². The largest absolute Gasteiger partial charge is 0.443 e. The maximum Gasteiger partial charge on any atom is 0.311 e. The van der Waals surface area contributed by atoms with Gasteiger partial charge in [-0.1, -0.05) is 13.3 Å². The zero-order valence-corrected chi connectivity index (χ0v) is 9.10. The Hall–Kier alpha value is -1.84. The van der Waals surface area contributed by atoms with Crippen molar-refractivity contribution in [1.82, 2.24) is 4.98 Å². The fraction of sp³-hybridized carbons (Fsp3) is 0.333. The molecule has 4 heteroatoms. The minimum absolute atomic E-state index is 0.204. The van der Waals surface area contributed by atoms with Crippen molar-refractivity contribution < 1.29 is 13.9 Å². The minimum Gasteiger partial charge on any atom is -0.443 e. The third-order valence-electron chi connectivity index (χ3n) is 2.27. The summed E-state index contributed by atoms with van der Waals surface area (Å²) in [5.74, 6) is 0.312. The quantitative estimate of drug-likeness (QED) is 0.586. The highest BCUT2D eigenvalue weighted by atomic mass is 16.5. The Kier molecular flexibility index (Phi) is 3.19. The Balaban J connectivity index is 2.06. The number of hydrogen-bond acceptors (Lipinski definition) is 4. The molecule has 0 atom stereocenters. The zero-order chi connectivity index (χ0) is 11.4. The van der Waals surface area contributed by atoms with Crippen LogP contribution in [0, 0.1) is 0 Å². The van der Waals surface area contributed by atoms with E-state index >= 15 is 0 Å². The Bertz CT molecular complexity index is 490. The standard InChI is InChI=1S/C12H13NO3/c1-2-3-4-12(14)16-9-5-6-11-10(7-9)13-8-15-11/h5-8H,2-4H2,1H3. The van der Waals surface area contributed by atoms with E-state index in [0.717, 1.165) is 12.8 Å². The summed E-state index contributed by atoms with van der Waals surface area (Å²) in [6, 6.07) is 5.14. The van der Waals surface area contributed by atoms with Crippen LogP contribution in [0.25, 0.3) is 11.1 Å². The molecule has 0 aliphatic rings. The predicted molar refractivity (Wildman–Crippen MR) is 59.2 cm³/mol. The molecule has 0 bridgehead atoms. The smallest absolute Gasteiger partial charge is 0.311 e. The van der Waals surface area contributed by atoms with E-state index in [-0.39, 0.29) is 5.97 Å². The molecular weight excluding hydrogens is 206 g/mol. The number of aromatic nitrogens is 1. The summed E-state index contributed by atoms with van der Waals surface area (Å²) in [6.07, 6.45) is 3.66. The number of ether oxygens (including phenoxy) is 1. The van der Waals surface area contributed by atoms with Crippen LogP contribution < -0.4 is 4.74 Å². The maximum absolute atomic E-state index is 11.4. The van der Waals surface area contributed by atoms with Crippen molar-refractivity contribution in [2.24, 2.45) is 0 Å². The molecule has 0 amide bonds. The number of carbonyl (C=O) groups excluding carboxylic acids is 1. The molecule has 0 fully saturated rings. The lowest BCUT2D eigenvalue weighted by Crippen LogP contribution is -2.07. The molecule has 1 aromatic carbocycles. The highest BCUT2D eigenvalue weighted by Gasteiger charge is 2.06. The normalized spacial score (nSPS) is 10.6. The monoisotopic (exact) mass is 219 g/mol. The van der Waals surface area contributed by atoms with E-state index in [1.165, 1.54) is 6.39 Å².